The molecule has 7 nitrogen and oxygen atoms in total. The van der Waals surface area contributed by atoms with Crippen molar-refractivity contribution in [3.8, 4) is 0 Å². The molecule has 6 aliphatic rings. The minimum atomic E-state index is -0.927. The second-order valence-corrected chi connectivity index (χ2v) is 14.1. The van der Waals surface area contributed by atoms with Crippen LogP contribution in [-0.2, 0) is 25.6 Å². The average Bonchev–Trinajstić information content (AvgIpc) is 3.56. The second-order valence-electron chi connectivity index (χ2n) is 14.1. The summed E-state index contributed by atoms with van der Waals surface area (Å²) in [5.41, 5.74) is 2.54. The van der Waals surface area contributed by atoms with E-state index in [-0.39, 0.29) is 24.2 Å². The van der Waals surface area contributed by atoms with Crippen molar-refractivity contribution >= 4 is 0 Å². The third kappa shape index (κ3) is 4.84. The third-order valence-electron chi connectivity index (χ3n) is 11.9. The van der Waals surface area contributed by atoms with E-state index in [1.807, 2.05) is 24.3 Å². The zero-order valence-corrected chi connectivity index (χ0v) is 25.1. The highest BCUT2D eigenvalue weighted by atomic mass is 16.7. The summed E-state index contributed by atoms with van der Waals surface area (Å²) in [6.45, 7) is 4.70. The van der Waals surface area contributed by atoms with Crippen LogP contribution in [0.1, 0.15) is 94.6 Å². The Labute approximate surface area is 249 Å². The van der Waals surface area contributed by atoms with Crippen molar-refractivity contribution in [3.63, 3.8) is 0 Å². The Hall–Kier alpha value is -1.58. The number of hydrogen-bond donors (Lipinski definition) is 3. The molecule has 2 saturated heterocycles. The average molecular weight is 581 g/mol. The van der Waals surface area contributed by atoms with E-state index in [2.05, 4.69) is 19.1 Å². The predicted octanol–water partition coefficient (Wildman–Crippen LogP) is 5.28. The monoisotopic (exact) mass is 580 g/mol. The van der Waals surface area contributed by atoms with Crippen LogP contribution in [0.4, 0.5) is 0 Å². The van der Waals surface area contributed by atoms with E-state index in [0.29, 0.717) is 44.5 Å². The Bertz CT molecular complexity index is 1200. The summed E-state index contributed by atoms with van der Waals surface area (Å²) in [5, 5.41) is 34.3. The van der Waals surface area contributed by atoms with Gasteiger partial charge in [0.25, 0.3) is 0 Å². The van der Waals surface area contributed by atoms with Gasteiger partial charge in [-0.15, -0.1) is 0 Å². The standard InChI is InChI=1S/C35H48O7/c1-32-21-27(25-8-6-24(22-36)7-9-25)31-26(10-14-33(37)23-35(16-12-29(31)33)41-19-20-42-35)28(32)11-15-34(32,38)13-4-18-40-30-5-2-3-17-39-30/h4,6-9,13,26-28,30,36-38H,2-3,5,10-12,14-23H2,1H3/b13-4-/t26?,27-,28?,30?,32+,33-,34+/m1/s1. The molecule has 3 unspecified atom stereocenters. The van der Waals surface area contributed by atoms with Gasteiger partial charge in [-0.3, -0.25) is 0 Å². The lowest BCUT2D eigenvalue weighted by molar-refractivity contribution is -0.208. The van der Waals surface area contributed by atoms with E-state index in [4.69, 9.17) is 18.9 Å². The van der Waals surface area contributed by atoms with Gasteiger partial charge >= 0.3 is 0 Å². The van der Waals surface area contributed by atoms with Gasteiger partial charge in [0.2, 0.25) is 0 Å². The highest BCUT2D eigenvalue weighted by Crippen LogP contribution is 2.68. The topological polar surface area (TPSA) is 97.6 Å². The van der Waals surface area contributed by atoms with Crippen LogP contribution in [0.5, 0.6) is 0 Å². The van der Waals surface area contributed by atoms with Gasteiger partial charge in [0.05, 0.1) is 37.6 Å². The number of aliphatic hydroxyl groups is 3. The lowest BCUT2D eigenvalue weighted by atomic mass is 9.49. The first-order valence-electron chi connectivity index (χ1n) is 16.3. The number of hydrogen-bond acceptors (Lipinski definition) is 7. The van der Waals surface area contributed by atoms with Crippen LogP contribution in [0.15, 0.2) is 47.6 Å². The Morgan fingerprint density at radius 1 is 0.976 bits per heavy atom. The summed E-state index contributed by atoms with van der Waals surface area (Å²) in [7, 11) is 0. The largest absolute Gasteiger partial charge is 0.392 e. The molecule has 0 bridgehead atoms. The van der Waals surface area contributed by atoms with Gasteiger partial charge in [0.15, 0.2) is 12.1 Å². The zero-order valence-electron chi connectivity index (χ0n) is 25.1. The summed E-state index contributed by atoms with van der Waals surface area (Å²) >= 11 is 0. The number of fused-ring (bicyclic) bond motifs is 4. The van der Waals surface area contributed by atoms with E-state index in [1.165, 1.54) is 16.7 Å². The number of rotatable bonds is 6. The van der Waals surface area contributed by atoms with Gasteiger partial charge < -0.3 is 34.3 Å². The molecule has 1 aromatic carbocycles. The maximum atomic E-state index is 12.3. The molecule has 42 heavy (non-hydrogen) atoms. The van der Waals surface area contributed by atoms with Crippen molar-refractivity contribution in [2.24, 2.45) is 17.3 Å². The van der Waals surface area contributed by atoms with Crippen LogP contribution < -0.4 is 0 Å². The van der Waals surface area contributed by atoms with E-state index < -0.39 is 17.0 Å². The van der Waals surface area contributed by atoms with Gasteiger partial charge in [0, 0.05) is 30.8 Å². The fraction of sp³-hybridized carbons (Fsp3) is 0.714. The summed E-state index contributed by atoms with van der Waals surface area (Å²) in [4.78, 5) is 0. The minimum absolute atomic E-state index is 0.0155. The number of benzene rings is 1. The molecule has 230 valence electrons. The molecule has 7 atom stereocenters. The molecule has 0 radical (unpaired) electrons. The molecule has 1 spiro atoms. The molecule has 7 heteroatoms. The maximum Gasteiger partial charge on any atom is 0.171 e. The van der Waals surface area contributed by atoms with E-state index in [1.54, 1.807) is 0 Å². The zero-order chi connectivity index (χ0) is 29.0. The van der Waals surface area contributed by atoms with Crippen LogP contribution in [0.3, 0.4) is 0 Å². The first kappa shape index (κ1) is 29.1. The maximum absolute atomic E-state index is 12.3. The first-order valence-corrected chi connectivity index (χ1v) is 16.3. The summed E-state index contributed by atoms with van der Waals surface area (Å²) in [5.74, 6) is 0.0890. The molecular weight excluding hydrogens is 532 g/mol. The molecule has 3 saturated carbocycles. The van der Waals surface area contributed by atoms with E-state index in [9.17, 15) is 15.3 Å². The molecular formula is C35H48O7. The Kier molecular flexibility index (Phi) is 7.70. The Balaban J connectivity index is 1.22. The van der Waals surface area contributed by atoms with E-state index >= 15 is 0 Å². The van der Waals surface area contributed by atoms with Crippen molar-refractivity contribution in [2.45, 2.75) is 113 Å². The van der Waals surface area contributed by atoms with Crippen LogP contribution in [-0.4, -0.2) is 65.0 Å². The Morgan fingerprint density at radius 2 is 1.79 bits per heavy atom. The van der Waals surface area contributed by atoms with Gasteiger partial charge in [-0.05, 0) is 86.3 Å². The molecule has 7 rings (SSSR count). The normalized spacial score (nSPS) is 41.2. The predicted molar refractivity (Wildman–Crippen MR) is 157 cm³/mol. The Morgan fingerprint density at radius 3 is 2.52 bits per heavy atom. The lowest BCUT2D eigenvalue weighted by Gasteiger charge is -2.57. The van der Waals surface area contributed by atoms with Crippen LogP contribution in [0.2, 0.25) is 0 Å². The smallest absolute Gasteiger partial charge is 0.171 e. The first-order chi connectivity index (χ1) is 20.3. The second kappa shape index (κ2) is 11.1. The van der Waals surface area contributed by atoms with Crippen molar-refractivity contribution < 1.29 is 34.3 Å². The molecule has 5 fully saturated rings. The summed E-state index contributed by atoms with van der Waals surface area (Å²) in [6, 6.07) is 8.32. The van der Waals surface area contributed by atoms with Crippen molar-refractivity contribution in [1.82, 2.24) is 0 Å². The minimum Gasteiger partial charge on any atom is -0.392 e. The summed E-state index contributed by atoms with van der Waals surface area (Å²) in [6.07, 6.45) is 13.2. The fourth-order valence-electron chi connectivity index (χ4n) is 9.73. The molecule has 1 aromatic rings. The fourth-order valence-corrected chi connectivity index (χ4v) is 9.73. The van der Waals surface area contributed by atoms with Crippen LogP contribution in [0.25, 0.3) is 0 Å². The SMILES string of the molecule is C[C@]12C[C@H](c3ccc(CO)cc3)C3=C4CCC5(C[C@]4(O)CCC3C1CC[C@@]2(O)/C=C\COC1CCCCO1)OCCO5. The molecule has 2 heterocycles. The van der Waals surface area contributed by atoms with Crippen molar-refractivity contribution in [2.75, 3.05) is 26.4 Å². The van der Waals surface area contributed by atoms with Crippen molar-refractivity contribution in [3.05, 3.63) is 58.7 Å². The molecule has 0 aromatic heterocycles. The quantitative estimate of drug-likeness (QED) is 0.394. The van der Waals surface area contributed by atoms with Gasteiger partial charge in [-0.1, -0.05) is 48.9 Å². The highest BCUT2D eigenvalue weighted by Gasteiger charge is 2.64. The third-order valence-corrected chi connectivity index (χ3v) is 11.9. The number of ether oxygens (including phenoxy) is 4. The van der Waals surface area contributed by atoms with Gasteiger partial charge in [-0.25, -0.2) is 0 Å². The molecule has 4 aliphatic carbocycles. The van der Waals surface area contributed by atoms with Gasteiger partial charge in [0.1, 0.15) is 0 Å². The van der Waals surface area contributed by atoms with Crippen molar-refractivity contribution in [1.29, 1.82) is 0 Å². The molecule has 0 amide bonds. The highest BCUT2D eigenvalue weighted by molar-refractivity contribution is 5.44. The number of allylic oxidation sites excluding steroid dienone is 1. The van der Waals surface area contributed by atoms with Crippen LogP contribution in [0, 0.1) is 17.3 Å². The lowest BCUT2D eigenvalue weighted by Crippen LogP contribution is -2.55. The molecule has 2 aliphatic heterocycles. The van der Waals surface area contributed by atoms with Gasteiger partial charge in [-0.2, -0.15) is 0 Å². The van der Waals surface area contributed by atoms with E-state index in [0.717, 1.165) is 70.0 Å². The van der Waals surface area contributed by atoms with Crippen LogP contribution >= 0.6 is 0 Å². The molecule has 3 N–H and O–H groups in total. The number of aliphatic hydroxyl groups excluding tert-OH is 1. The summed E-state index contributed by atoms with van der Waals surface area (Å²) < 4.78 is 23.9.